The summed E-state index contributed by atoms with van der Waals surface area (Å²) in [5.74, 6) is 1.12. The summed E-state index contributed by atoms with van der Waals surface area (Å²) in [6.07, 6.45) is 1.13. The molecule has 0 bridgehead atoms. The zero-order valence-corrected chi connectivity index (χ0v) is 13.7. The highest BCUT2D eigenvalue weighted by molar-refractivity contribution is 5.37. The lowest BCUT2D eigenvalue weighted by Gasteiger charge is -2.19. The molecule has 0 aliphatic carbocycles. The van der Waals surface area contributed by atoms with Crippen LogP contribution in [0.3, 0.4) is 0 Å². The van der Waals surface area contributed by atoms with Crippen molar-refractivity contribution in [3.8, 4) is 6.01 Å². The first-order valence-corrected chi connectivity index (χ1v) is 7.52. The number of rotatable bonds is 10. The fourth-order valence-corrected chi connectivity index (χ4v) is 1.54. The summed E-state index contributed by atoms with van der Waals surface area (Å²) in [5, 5.41) is 3.09. The summed E-state index contributed by atoms with van der Waals surface area (Å²) in [5.41, 5.74) is 0. The van der Waals surface area contributed by atoms with Crippen LogP contribution in [-0.2, 0) is 4.74 Å². The van der Waals surface area contributed by atoms with Crippen molar-refractivity contribution in [3.63, 3.8) is 0 Å². The molecule has 1 rings (SSSR count). The molecule has 120 valence electrons. The van der Waals surface area contributed by atoms with E-state index < -0.39 is 0 Å². The van der Waals surface area contributed by atoms with E-state index in [9.17, 15) is 0 Å². The predicted molar refractivity (Wildman–Crippen MR) is 84.1 cm³/mol. The van der Waals surface area contributed by atoms with Crippen LogP contribution in [0.5, 0.6) is 6.01 Å². The van der Waals surface area contributed by atoms with Crippen LogP contribution in [0, 0.1) is 0 Å². The van der Waals surface area contributed by atoms with E-state index in [2.05, 4.69) is 20.3 Å². The number of hydrogen-bond acceptors (Lipinski definition) is 7. The first kappa shape index (κ1) is 17.4. The topological polar surface area (TPSA) is 72.4 Å². The van der Waals surface area contributed by atoms with Gasteiger partial charge in [-0.1, -0.05) is 6.92 Å². The van der Waals surface area contributed by atoms with Gasteiger partial charge in [0.15, 0.2) is 0 Å². The number of likely N-dealkylation sites (N-methyl/N-ethyl adjacent to an activating group) is 1. The van der Waals surface area contributed by atoms with E-state index in [1.807, 2.05) is 39.6 Å². The lowest BCUT2D eigenvalue weighted by atomic mass is 10.5. The van der Waals surface area contributed by atoms with E-state index in [4.69, 9.17) is 9.47 Å². The second kappa shape index (κ2) is 9.33. The third-order valence-electron chi connectivity index (χ3n) is 2.59. The van der Waals surface area contributed by atoms with Crippen LogP contribution in [0.15, 0.2) is 0 Å². The fraction of sp³-hybridized carbons (Fsp3) is 0.786. The average Bonchev–Trinajstić information content (AvgIpc) is 2.44. The Labute approximate surface area is 127 Å². The molecule has 1 aromatic heterocycles. The van der Waals surface area contributed by atoms with Gasteiger partial charge in [0, 0.05) is 20.1 Å². The molecular weight excluding hydrogens is 270 g/mol. The van der Waals surface area contributed by atoms with Crippen LogP contribution in [-0.4, -0.2) is 54.4 Å². The summed E-state index contributed by atoms with van der Waals surface area (Å²) in [7, 11) is 1.93. The van der Waals surface area contributed by atoms with Gasteiger partial charge < -0.3 is 19.7 Å². The third kappa shape index (κ3) is 6.57. The highest BCUT2D eigenvalue weighted by Gasteiger charge is 2.11. The maximum atomic E-state index is 5.55. The van der Waals surface area contributed by atoms with E-state index in [1.54, 1.807) is 0 Å². The highest BCUT2D eigenvalue weighted by atomic mass is 16.5. The Morgan fingerprint density at radius 3 is 2.52 bits per heavy atom. The van der Waals surface area contributed by atoms with Crippen molar-refractivity contribution in [3.05, 3.63) is 0 Å². The van der Waals surface area contributed by atoms with Gasteiger partial charge >= 0.3 is 6.01 Å². The molecule has 0 fully saturated rings. The number of ether oxygens (including phenoxy) is 2. The Kier molecular flexibility index (Phi) is 7.74. The average molecular weight is 297 g/mol. The first-order valence-electron chi connectivity index (χ1n) is 7.52. The van der Waals surface area contributed by atoms with Crippen LogP contribution in [0.1, 0.15) is 34.1 Å². The number of nitrogens with one attached hydrogen (secondary N) is 1. The summed E-state index contributed by atoms with van der Waals surface area (Å²) in [6, 6.07) is 0.356. The van der Waals surface area contributed by atoms with E-state index >= 15 is 0 Å². The number of hydrogen-bond donors (Lipinski definition) is 1. The van der Waals surface area contributed by atoms with Gasteiger partial charge in [-0.3, -0.25) is 0 Å². The molecule has 7 nitrogen and oxygen atoms in total. The van der Waals surface area contributed by atoms with Crippen molar-refractivity contribution >= 4 is 11.9 Å². The van der Waals surface area contributed by atoms with Crippen molar-refractivity contribution in [2.45, 2.75) is 40.2 Å². The Morgan fingerprint density at radius 2 is 1.90 bits per heavy atom. The monoisotopic (exact) mass is 297 g/mol. The van der Waals surface area contributed by atoms with E-state index in [0.29, 0.717) is 37.7 Å². The Hall–Kier alpha value is -1.63. The van der Waals surface area contributed by atoms with Crippen molar-refractivity contribution in [2.24, 2.45) is 0 Å². The minimum Gasteiger partial charge on any atom is -0.463 e. The Morgan fingerprint density at radius 1 is 1.14 bits per heavy atom. The number of aromatic nitrogens is 3. The number of nitrogens with zero attached hydrogens (tertiary/aromatic N) is 4. The highest BCUT2D eigenvalue weighted by Crippen LogP contribution is 2.14. The summed E-state index contributed by atoms with van der Waals surface area (Å²) in [6.45, 7) is 10.7. The van der Waals surface area contributed by atoms with Gasteiger partial charge in [0.25, 0.3) is 0 Å². The predicted octanol–water partition coefficient (Wildman–Crippen LogP) is 1.95. The zero-order valence-electron chi connectivity index (χ0n) is 13.7. The molecule has 0 aromatic carbocycles. The maximum Gasteiger partial charge on any atom is 0.323 e. The zero-order chi connectivity index (χ0) is 15.7. The number of anilines is 2. The van der Waals surface area contributed by atoms with E-state index in [0.717, 1.165) is 13.0 Å². The fourth-order valence-electron chi connectivity index (χ4n) is 1.54. The molecule has 0 amide bonds. The molecule has 21 heavy (non-hydrogen) atoms. The second-order valence-corrected chi connectivity index (χ2v) is 4.96. The Balaban J connectivity index is 2.75. The maximum absolute atomic E-state index is 5.55. The summed E-state index contributed by atoms with van der Waals surface area (Å²) < 4.78 is 11.1. The first-order chi connectivity index (χ1) is 10.1. The molecule has 1 aromatic rings. The van der Waals surface area contributed by atoms with Crippen molar-refractivity contribution < 1.29 is 9.47 Å². The molecular formula is C14H27N5O2. The van der Waals surface area contributed by atoms with E-state index in [-0.39, 0.29) is 6.10 Å². The van der Waals surface area contributed by atoms with Gasteiger partial charge in [0.1, 0.15) is 0 Å². The van der Waals surface area contributed by atoms with Gasteiger partial charge in [-0.25, -0.2) is 0 Å². The summed E-state index contributed by atoms with van der Waals surface area (Å²) in [4.78, 5) is 14.9. The van der Waals surface area contributed by atoms with Crippen LogP contribution in [0.4, 0.5) is 11.9 Å². The minimum atomic E-state index is 0.220. The van der Waals surface area contributed by atoms with Crippen LogP contribution in [0.25, 0.3) is 0 Å². The van der Waals surface area contributed by atoms with Crippen LogP contribution in [0.2, 0.25) is 0 Å². The Bertz CT molecular complexity index is 414. The molecule has 1 N–H and O–H groups in total. The molecule has 0 saturated heterocycles. The van der Waals surface area contributed by atoms with E-state index in [1.165, 1.54) is 0 Å². The van der Waals surface area contributed by atoms with Gasteiger partial charge in [0.05, 0.1) is 19.3 Å². The van der Waals surface area contributed by atoms with Crippen molar-refractivity contribution in [1.29, 1.82) is 0 Å². The summed E-state index contributed by atoms with van der Waals surface area (Å²) >= 11 is 0. The lowest BCUT2D eigenvalue weighted by molar-refractivity contribution is 0.0844. The van der Waals surface area contributed by atoms with Crippen LogP contribution >= 0.6 is 0 Å². The van der Waals surface area contributed by atoms with Gasteiger partial charge in [-0.15, -0.1) is 0 Å². The van der Waals surface area contributed by atoms with Crippen molar-refractivity contribution in [2.75, 3.05) is 43.6 Å². The molecule has 0 radical (unpaired) electrons. The van der Waals surface area contributed by atoms with Gasteiger partial charge in [0.2, 0.25) is 11.9 Å². The molecule has 1 heterocycles. The molecule has 0 unspecified atom stereocenters. The second-order valence-electron chi connectivity index (χ2n) is 4.96. The normalized spacial score (nSPS) is 10.8. The minimum absolute atomic E-state index is 0.220. The molecule has 7 heteroatoms. The van der Waals surface area contributed by atoms with Crippen molar-refractivity contribution in [1.82, 2.24) is 15.0 Å². The molecule has 0 aliphatic rings. The van der Waals surface area contributed by atoms with Gasteiger partial charge in [-0.2, -0.15) is 15.0 Å². The van der Waals surface area contributed by atoms with Crippen LogP contribution < -0.4 is 15.0 Å². The van der Waals surface area contributed by atoms with Gasteiger partial charge in [-0.05, 0) is 27.2 Å². The molecule has 0 saturated carbocycles. The SMILES string of the molecule is CCCOc1nc(NCC)nc(N(C)CCOC(C)C)n1. The molecule has 0 atom stereocenters. The lowest BCUT2D eigenvalue weighted by Crippen LogP contribution is -2.26. The quantitative estimate of drug-likeness (QED) is 0.707. The third-order valence-corrected chi connectivity index (χ3v) is 2.59. The standard InChI is InChI=1S/C14H27N5O2/c1-6-9-21-14-17-12(15-7-2)16-13(18-14)19(5)8-10-20-11(3)4/h11H,6-10H2,1-5H3,(H,15,16,17,18). The molecule has 0 spiro atoms. The largest absolute Gasteiger partial charge is 0.463 e. The molecule has 0 aliphatic heterocycles. The smallest absolute Gasteiger partial charge is 0.323 e.